The molecule has 0 radical (unpaired) electrons. The van der Waals surface area contributed by atoms with Gasteiger partial charge in [0.2, 0.25) is 11.8 Å². The highest BCUT2D eigenvalue weighted by Gasteiger charge is 2.35. The molecule has 49 heavy (non-hydrogen) atoms. The predicted octanol–water partition coefficient (Wildman–Crippen LogP) is 5.69. The van der Waals surface area contributed by atoms with Crippen molar-refractivity contribution in [3.05, 3.63) is 113 Å². The summed E-state index contributed by atoms with van der Waals surface area (Å²) in [6.07, 6.45) is 0.926. The summed E-state index contributed by atoms with van der Waals surface area (Å²) in [4.78, 5) is 30.0. The second kappa shape index (κ2) is 16.9. The molecule has 0 aliphatic heterocycles. The van der Waals surface area contributed by atoms with Gasteiger partial charge in [0, 0.05) is 25.6 Å². The zero-order valence-corrected chi connectivity index (χ0v) is 29.8. The molecule has 260 valence electrons. The lowest BCUT2D eigenvalue weighted by Gasteiger charge is -2.34. The van der Waals surface area contributed by atoms with Crippen LogP contribution in [0.25, 0.3) is 0 Å². The zero-order valence-electron chi connectivity index (χ0n) is 28.9. The van der Waals surface area contributed by atoms with Crippen LogP contribution < -0.4 is 23.8 Å². The molecule has 0 aliphatic rings. The van der Waals surface area contributed by atoms with Gasteiger partial charge in [-0.05, 0) is 78.9 Å². The van der Waals surface area contributed by atoms with E-state index in [1.807, 2.05) is 69.3 Å². The minimum atomic E-state index is -4.35. The number of rotatable bonds is 16. The Bertz CT molecular complexity index is 1830. The summed E-state index contributed by atoms with van der Waals surface area (Å²) in [5.74, 6) is 0.293. The van der Waals surface area contributed by atoms with Crippen molar-refractivity contribution >= 4 is 27.5 Å². The molecule has 0 unspecified atom stereocenters. The molecule has 0 bridgehead atoms. The fraction of sp³-hybridized carbons (Fsp3) is 0.316. The predicted molar refractivity (Wildman–Crippen MR) is 191 cm³/mol. The van der Waals surface area contributed by atoms with E-state index in [-0.39, 0.29) is 29.5 Å². The fourth-order valence-corrected chi connectivity index (χ4v) is 7.03. The molecule has 4 aromatic carbocycles. The summed E-state index contributed by atoms with van der Waals surface area (Å²) >= 11 is 0. The summed E-state index contributed by atoms with van der Waals surface area (Å²) < 4.78 is 46.3. The highest BCUT2D eigenvalue weighted by molar-refractivity contribution is 7.92. The summed E-state index contributed by atoms with van der Waals surface area (Å²) in [6, 6.07) is 25.4. The normalized spacial score (nSPS) is 11.7. The Hall–Kier alpha value is -5.03. The third-order valence-corrected chi connectivity index (χ3v) is 9.79. The van der Waals surface area contributed by atoms with Gasteiger partial charge in [-0.1, -0.05) is 55.5 Å². The number of nitrogens with zero attached hydrogens (tertiary/aromatic N) is 2. The van der Waals surface area contributed by atoms with Crippen LogP contribution in [0.5, 0.6) is 17.2 Å². The van der Waals surface area contributed by atoms with Crippen LogP contribution in [0.4, 0.5) is 5.69 Å². The second-order valence-corrected chi connectivity index (χ2v) is 13.6. The lowest BCUT2D eigenvalue weighted by Crippen LogP contribution is -2.53. The Balaban J connectivity index is 1.86. The van der Waals surface area contributed by atoms with Gasteiger partial charge in [0.05, 0.1) is 31.9 Å². The number of hydrogen-bond donors (Lipinski definition) is 1. The van der Waals surface area contributed by atoms with Crippen molar-refractivity contribution < 1.29 is 32.2 Å². The van der Waals surface area contributed by atoms with Gasteiger partial charge in [-0.25, -0.2) is 8.42 Å². The lowest BCUT2D eigenvalue weighted by molar-refractivity contribution is -0.140. The van der Waals surface area contributed by atoms with Gasteiger partial charge in [-0.15, -0.1) is 0 Å². The number of ether oxygens (including phenoxy) is 3. The Morgan fingerprint density at radius 2 is 1.45 bits per heavy atom. The van der Waals surface area contributed by atoms with Crippen LogP contribution in [0.1, 0.15) is 35.6 Å². The average molecular weight is 688 g/mol. The number of aryl methyl sites for hydroxylation is 2. The quantitative estimate of drug-likeness (QED) is 0.161. The van der Waals surface area contributed by atoms with Crippen molar-refractivity contribution in [2.45, 2.75) is 51.1 Å². The summed E-state index contributed by atoms with van der Waals surface area (Å²) in [6.45, 7) is 5.56. The van der Waals surface area contributed by atoms with Crippen LogP contribution in [0.3, 0.4) is 0 Å². The van der Waals surface area contributed by atoms with Gasteiger partial charge in [0.25, 0.3) is 10.0 Å². The first-order chi connectivity index (χ1) is 23.5. The average Bonchev–Trinajstić information content (AvgIpc) is 3.10. The first kappa shape index (κ1) is 36.8. The Morgan fingerprint density at radius 3 is 2.08 bits per heavy atom. The van der Waals surface area contributed by atoms with Crippen LogP contribution in [0.2, 0.25) is 0 Å². The molecule has 10 nitrogen and oxygen atoms in total. The molecule has 0 heterocycles. The van der Waals surface area contributed by atoms with Gasteiger partial charge in [0.1, 0.15) is 18.3 Å². The molecule has 0 spiro atoms. The molecule has 0 aliphatic carbocycles. The maximum absolute atomic E-state index is 14.7. The lowest BCUT2D eigenvalue weighted by atomic mass is 10.0. The van der Waals surface area contributed by atoms with E-state index in [4.69, 9.17) is 14.2 Å². The maximum Gasteiger partial charge on any atom is 0.264 e. The third-order valence-electron chi connectivity index (χ3n) is 8.02. The molecule has 0 saturated carbocycles. The van der Waals surface area contributed by atoms with Crippen LogP contribution in [-0.2, 0) is 32.6 Å². The molecule has 1 atom stereocenters. The fourth-order valence-electron chi connectivity index (χ4n) is 5.62. The van der Waals surface area contributed by atoms with Crippen molar-refractivity contribution in [1.82, 2.24) is 10.2 Å². The zero-order chi connectivity index (χ0) is 35.6. The topological polar surface area (TPSA) is 114 Å². The van der Waals surface area contributed by atoms with Gasteiger partial charge >= 0.3 is 0 Å². The van der Waals surface area contributed by atoms with Gasteiger partial charge in [0.15, 0.2) is 11.5 Å². The SMILES string of the molecule is CCCNC(=O)[C@@H](Cc1ccccc1)N(Cc1cccc(OC)c1)C(=O)CN(c1cc(C)cc(C)c1)S(=O)(=O)c1ccc(OC)c(OC)c1. The molecule has 0 aromatic heterocycles. The van der Waals surface area contributed by atoms with Crippen LogP contribution in [-0.4, -0.2) is 65.6 Å². The summed E-state index contributed by atoms with van der Waals surface area (Å²) in [5, 5.41) is 2.96. The van der Waals surface area contributed by atoms with E-state index in [0.717, 1.165) is 26.6 Å². The molecule has 1 N–H and O–H groups in total. The van der Waals surface area contributed by atoms with Crippen LogP contribution in [0.15, 0.2) is 95.9 Å². The Labute approximate surface area is 289 Å². The van der Waals surface area contributed by atoms with Gasteiger partial charge in [-0.2, -0.15) is 0 Å². The van der Waals surface area contributed by atoms with Crippen molar-refractivity contribution in [2.24, 2.45) is 0 Å². The Kier molecular flexibility index (Phi) is 12.7. The van der Waals surface area contributed by atoms with E-state index >= 15 is 0 Å². The number of methoxy groups -OCH3 is 3. The number of sulfonamides is 1. The molecular formula is C38H45N3O7S. The summed E-state index contributed by atoms with van der Waals surface area (Å²) in [7, 11) is 0.0954. The number of nitrogens with one attached hydrogen (secondary N) is 1. The van der Waals surface area contributed by atoms with Crippen molar-refractivity contribution in [1.29, 1.82) is 0 Å². The van der Waals surface area contributed by atoms with E-state index in [1.54, 1.807) is 31.4 Å². The van der Waals surface area contributed by atoms with E-state index in [9.17, 15) is 18.0 Å². The first-order valence-corrected chi connectivity index (χ1v) is 17.5. The molecule has 0 saturated heterocycles. The van der Waals surface area contributed by atoms with Crippen molar-refractivity contribution in [3.8, 4) is 17.2 Å². The smallest absolute Gasteiger partial charge is 0.264 e. The van der Waals surface area contributed by atoms with Crippen molar-refractivity contribution in [3.63, 3.8) is 0 Å². The van der Waals surface area contributed by atoms with E-state index in [1.165, 1.54) is 37.3 Å². The molecule has 0 fully saturated rings. The molecule has 2 amide bonds. The number of anilines is 1. The van der Waals surface area contributed by atoms with Gasteiger partial charge in [-0.3, -0.25) is 13.9 Å². The van der Waals surface area contributed by atoms with Crippen LogP contribution in [0, 0.1) is 13.8 Å². The molecule has 4 aromatic rings. The highest BCUT2D eigenvalue weighted by Crippen LogP contribution is 2.33. The number of benzene rings is 4. The van der Waals surface area contributed by atoms with E-state index in [0.29, 0.717) is 30.2 Å². The van der Waals surface area contributed by atoms with E-state index < -0.39 is 28.5 Å². The van der Waals surface area contributed by atoms with Crippen molar-refractivity contribution in [2.75, 3.05) is 38.7 Å². The maximum atomic E-state index is 14.7. The Morgan fingerprint density at radius 1 is 0.776 bits per heavy atom. The standard InChI is InChI=1S/C38H45N3O7S/c1-7-18-39-38(43)34(23-29-12-9-8-10-13-29)40(25-30-14-11-15-32(22-30)46-4)37(42)26-41(31-20-27(2)19-28(3)21-31)49(44,45)33-16-17-35(47-5)36(24-33)48-6/h8-17,19-22,24,34H,7,18,23,25-26H2,1-6H3,(H,39,43)/t34-/m1/s1. The minimum Gasteiger partial charge on any atom is -0.497 e. The van der Waals surface area contributed by atoms with Crippen LogP contribution >= 0.6 is 0 Å². The van der Waals surface area contributed by atoms with Gasteiger partial charge < -0.3 is 24.4 Å². The minimum absolute atomic E-state index is 0.0319. The first-order valence-electron chi connectivity index (χ1n) is 16.1. The third kappa shape index (κ3) is 9.32. The number of carbonyl (C=O) groups excluding carboxylic acids is 2. The summed E-state index contributed by atoms with van der Waals surface area (Å²) in [5.41, 5.74) is 3.53. The van der Waals surface area contributed by atoms with E-state index in [2.05, 4.69) is 5.32 Å². The monoisotopic (exact) mass is 687 g/mol. The molecular weight excluding hydrogens is 642 g/mol. The second-order valence-electron chi connectivity index (χ2n) is 11.7. The number of hydrogen-bond acceptors (Lipinski definition) is 7. The largest absolute Gasteiger partial charge is 0.497 e. The molecule has 11 heteroatoms. The highest BCUT2D eigenvalue weighted by atomic mass is 32.2. The number of carbonyl (C=O) groups is 2. The number of amides is 2. The molecule has 4 rings (SSSR count).